The van der Waals surface area contributed by atoms with Gasteiger partial charge in [0.1, 0.15) is 0 Å². The van der Waals surface area contributed by atoms with Gasteiger partial charge in [-0.05, 0) is 62.4 Å². The summed E-state index contributed by atoms with van der Waals surface area (Å²) < 4.78 is 16.9. The summed E-state index contributed by atoms with van der Waals surface area (Å²) in [5, 5.41) is 3.61. The first-order chi connectivity index (χ1) is 14.7. The molecule has 0 bridgehead atoms. The fourth-order valence-corrected chi connectivity index (χ4v) is 5.23. The zero-order chi connectivity index (χ0) is 20.9. The zero-order valence-corrected chi connectivity index (χ0v) is 18.2. The SMILES string of the molecule is COc1cc(CNCCC2(c3ccccn3)CCOC3(CCCC3)C2)cnc1OC. The molecule has 1 aliphatic heterocycles. The topological polar surface area (TPSA) is 65.5 Å². The maximum absolute atomic E-state index is 6.34. The van der Waals surface area contributed by atoms with Gasteiger partial charge in [0.2, 0.25) is 0 Å². The second-order valence-electron chi connectivity index (χ2n) is 8.64. The lowest BCUT2D eigenvalue weighted by atomic mass is 9.68. The van der Waals surface area contributed by atoms with Crippen LogP contribution >= 0.6 is 0 Å². The Morgan fingerprint density at radius 3 is 2.70 bits per heavy atom. The van der Waals surface area contributed by atoms with Crippen molar-refractivity contribution in [2.75, 3.05) is 27.4 Å². The molecular formula is C24H33N3O3. The highest BCUT2D eigenvalue weighted by Crippen LogP contribution is 2.49. The lowest BCUT2D eigenvalue weighted by Gasteiger charge is -2.46. The van der Waals surface area contributed by atoms with E-state index in [9.17, 15) is 0 Å². The lowest BCUT2D eigenvalue weighted by Crippen LogP contribution is -2.47. The Labute approximate surface area is 179 Å². The number of hydrogen-bond donors (Lipinski definition) is 1. The van der Waals surface area contributed by atoms with E-state index in [-0.39, 0.29) is 11.0 Å². The zero-order valence-electron chi connectivity index (χ0n) is 18.2. The van der Waals surface area contributed by atoms with Gasteiger partial charge in [0.15, 0.2) is 5.75 Å². The molecule has 30 heavy (non-hydrogen) atoms. The van der Waals surface area contributed by atoms with Crippen molar-refractivity contribution in [1.82, 2.24) is 15.3 Å². The Bertz CT molecular complexity index is 824. The molecule has 0 radical (unpaired) electrons. The molecule has 1 N–H and O–H groups in total. The van der Waals surface area contributed by atoms with Crippen LogP contribution < -0.4 is 14.8 Å². The van der Waals surface area contributed by atoms with E-state index in [4.69, 9.17) is 19.2 Å². The number of pyridine rings is 2. The Balaban J connectivity index is 1.43. The van der Waals surface area contributed by atoms with Gasteiger partial charge in [0, 0.05) is 36.7 Å². The molecule has 6 heteroatoms. The molecule has 2 fully saturated rings. The van der Waals surface area contributed by atoms with Crippen LogP contribution in [0.3, 0.4) is 0 Å². The Morgan fingerprint density at radius 2 is 1.97 bits per heavy atom. The van der Waals surface area contributed by atoms with Crippen molar-refractivity contribution in [2.24, 2.45) is 0 Å². The van der Waals surface area contributed by atoms with E-state index in [2.05, 4.69) is 22.4 Å². The van der Waals surface area contributed by atoms with Crippen LogP contribution in [0.15, 0.2) is 36.7 Å². The second kappa shape index (κ2) is 9.31. The highest BCUT2D eigenvalue weighted by molar-refractivity contribution is 5.36. The van der Waals surface area contributed by atoms with Crippen molar-refractivity contribution in [3.8, 4) is 11.6 Å². The summed E-state index contributed by atoms with van der Waals surface area (Å²) in [5.41, 5.74) is 2.43. The summed E-state index contributed by atoms with van der Waals surface area (Å²) in [7, 11) is 3.24. The minimum atomic E-state index is 0.0586. The minimum Gasteiger partial charge on any atom is -0.491 e. The average molecular weight is 412 g/mol. The highest BCUT2D eigenvalue weighted by atomic mass is 16.5. The van der Waals surface area contributed by atoms with Crippen LogP contribution in [0.4, 0.5) is 0 Å². The first-order valence-electron chi connectivity index (χ1n) is 11.0. The van der Waals surface area contributed by atoms with Crippen molar-refractivity contribution < 1.29 is 14.2 Å². The summed E-state index contributed by atoms with van der Waals surface area (Å²) in [5.74, 6) is 1.17. The molecule has 4 rings (SSSR count). The van der Waals surface area contributed by atoms with Crippen molar-refractivity contribution in [3.05, 3.63) is 47.9 Å². The number of hydrogen-bond acceptors (Lipinski definition) is 6. The maximum atomic E-state index is 6.34. The summed E-state index contributed by atoms with van der Waals surface area (Å²) >= 11 is 0. The molecule has 1 unspecified atom stereocenters. The molecule has 0 aromatic carbocycles. The molecule has 1 saturated heterocycles. The van der Waals surface area contributed by atoms with Crippen LogP contribution in [0.25, 0.3) is 0 Å². The number of nitrogens with one attached hydrogen (secondary N) is 1. The van der Waals surface area contributed by atoms with Crippen molar-refractivity contribution in [3.63, 3.8) is 0 Å². The quantitative estimate of drug-likeness (QED) is 0.662. The van der Waals surface area contributed by atoms with E-state index >= 15 is 0 Å². The average Bonchev–Trinajstić information content (AvgIpc) is 3.24. The predicted octanol–water partition coefficient (Wildman–Crippen LogP) is 4.03. The van der Waals surface area contributed by atoms with Crippen LogP contribution in [0.2, 0.25) is 0 Å². The molecule has 1 aliphatic carbocycles. The van der Waals surface area contributed by atoms with E-state index in [0.29, 0.717) is 11.6 Å². The molecule has 6 nitrogen and oxygen atoms in total. The summed E-state index contributed by atoms with van der Waals surface area (Å²) in [6, 6.07) is 8.30. The Hall–Kier alpha value is -2.18. The van der Waals surface area contributed by atoms with Gasteiger partial charge < -0.3 is 19.5 Å². The van der Waals surface area contributed by atoms with Crippen LogP contribution in [-0.2, 0) is 16.7 Å². The first-order valence-corrected chi connectivity index (χ1v) is 11.0. The molecule has 162 valence electrons. The van der Waals surface area contributed by atoms with Crippen LogP contribution in [0.5, 0.6) is 11.6 Å². The van der Waals surface area contributed by atoms with Gasteiger partial charge >= 0.3 is 0 Å². The number of aromatic nitrogens is 2. The summed E-state index contributed by atoms with van der Waals surface area (Å²) in [6.45, 7) is 2.49. The van der Waals surface area contributed by atoms with Gasteiger partial charge in [-0.15, -0.1) is 0 Å². The normalized spacial score (nSPS) is 22.9. The standard InChI is InChI=1S/C24H33N3O3/c1-28-20-15-19(17-27-22(20)29-2)16-25-13-10-23(21-7-3-6-12-26-21)11-14-30-24(18-23)8-4-5-9-24/h3,6-7,12,15,17,25H,4-5,8-11,13-14,16,18H2,1-2H3. The first kappa shape index (κ1) is 21.1. The van der Waals surface area contributed by atoms with E-state index in [0.717, 1.165) is 44.5 Å². The van der Waals surface area contributed by atoms with Gasteiger partial charge in [0.05, 0.1) is 19.8 Å². The largest absolute Gasteiger partial charge is 0.491 e. The number of ether oxygens (including phenoxy) is 3. The van der Waals surface area contributed by atoms with Crippen LogP contribution in [0.1, 0.15) is 56.2 Å². The molecule has 1 atom stereocenters. The minimum absolute atomic E-state index is 0.0586. The predicted molar refractivity (Wildman–Crippen MR) is 116 cm³/mol. The van der Waals surface area contributed by atoms with Gasteiger partial charge in [-0.25, -0.2) is 4.98 Å². The van der Waals surface area contributed by atoms with Crippen LogP contribution in [-0.4, -0.2) is 42.9 Å². The van der Waals surface area contributed by atoms with Crippen LogP contribution in [0, 0.1) is 0 Å². The van der Waals surface area contributed by atoms with Gasteiger partial charge in [-0.2, -0.15) is 0 Å². The fraction of sp³-hybridized carbons (Fsp3) is 0.583. The van der Waals surface area contributed by atoms with Gasteiger partial charge in [0.25, 0.3) is 5.88 Å². The highest BCUT2D eigenvalue weighted by Gasteiger charge is 2.48. The molecule has 2 aromatic heterocycles. The second-order valence-corrected chi connectivity index (χ2v) is 8.64. The molecule has 2 aromatic rings. The Kier molecular flexibility index (Phi) is 6.54. The maximum Gasteiger partial charge on any atom is 0.256 e. The third kappa shape index (κ3) is 4.44. The lowest BCUT2D eigenvalue weighted by molar-refractivity contribution is -0.104. The number of methoxy groups -OCH3 is 2. The van der Waals surface area contributed by atoms with E-state index in [1.165, 1.54) is 31.4 Å². The Morgan fingerprint density at radius 1 is 1.10 bits per heavy atom. The van der Waals surface area contributed by atoms with E-state index in [1.54, 1.807) is 14.2 Å². The van der Waals surface area contributed by atoms with Gasteiger partial charge in [-0.1, -0.05) is 18.9 Å². The monoisotopic (exact) mass is 411 g/mol. The molecular weight excluding hydrogens is 378 g/mol. The summed E-state index contributed by atoms with van der Waals surface area (Å²) in [6.07, 6.45) is 11.9. The third-order valence-corrected chi connectivity index (χ3v) is 6.77. The summed E-state index contributed by atoms with van der Waals surface area (Å²) in [4.78, 5) is 9.12. The van der Waals surface area contributed by atoms with E-state index < -0.39 is 0 Å². The molecule has 0 amide bonds. The number of nitrogens with zero attached hydrogens (tertiary/aromatic N) is 2. The smallest absolute Gasteiger partial charge is 0.256 e. The van der Waals surface area contributed by atoms with Crippen molar-refractivity contribution >= 4 is 0 Å². The number of rotatable bonds is 8. The van der Waals surface area contributed by atoms with Crippen molar-refractivity contribution in [1.29, 1.82) is 0 Å². The molecule has 3 heterocycles. The van der Waals surface area contributed by atoms with Crippen molar-refractivity contribution in [2.45, 2.75) is 62.5 Å². The molecule has 1 saturated carbocycles. The van der Waals surface area contributed by atoms with E-state index in [1.807, 2.05) is 24.5 Å². The fourth-order valence-electron chi connectivity index (χ4n) is 5.23. The molecule has 2 aliphatic rings. The van der Waals surface area contributed by atoms with Gasteiger partial charge in [-0.3, -0.25) is 4.98 Å². The molecule has 1 spiro atoms. The third-order valence-electron chi connectivity index (χ3n) is 6.77.